The van der Waals surface area contributed by atoms with Gasteiger partial charge in [-0.2, -0.15) is 0 Å². The summed E-state index contributed by atoms with van der Waals surface area (Å²) in [6.07, 6.45) is 1.86. The van der Waals surface area contributed by atoms with Gasteiger partial charge in [0.2, 0.25) is 0 Å². The minimum absolute atomic E-state index is 0. The molecule has 2 N–H and O–H groups in total. The molecular formula is C25H38IN5O. The number of aryl methyl sites for hydroxylation is 1. The third kappa shape index (κ3) is 8.43. The molecule has 1 unspecified atom stereocenters. The number of benzene rings is 2. The summed E-state index contributed by atoms with van der Waals surface area (Å²) in [7, 11) is 9.51. The number of carbonyl (C=O) groups is 1. The number of hydrogen-bond donors (Lipinski definition) is 2. The SMILES string of the molecule is CCc1ccc(C(CNC(=NC)NCCc2cccc(C(=O)N(C)C)c2)N(C)C)cc1.I. The predicted molar refractivity (Wildman–Crippen MR) is 145 cm³/mol. The number of nitrogens with zero attached hydrogens (tertiary/aromatic N) is 3. The van der Waals surface area contributed by atoms with Gasteiger partial charge in [-0.25, -0.2) is 0 Å². The van der Waals surface area contributed by atoms with Gasteiger partial charge >= 0.3 is 0 Å². The van der Waals surface area contributed by atoms with E-state index in [1.807, 2.05) is 24.3 Å². The number of hydrogen-bond acceptors (Lipinski definition) is 3. The highest BCUT2D eigenvalue weighted by atomic mass is 127. The van der Waals surface area contributed by atoms with Crippen molar-refractivity contribution >= 4 is 35.8 Å². The zero-order chi connectivity index (χ0) is 22.8. The number of rotatable bonds is 9. The fraction of sp³-hybridized carbons (Fsp3) is 0.440. The summed E-state index contributed by atoms with van der Waals surface area (Å²) in [4.78, 5) is 20.3. The van der Waals surface area contributed by atoms with Crippen LogP contribution >= 0.6 is 24.0 Å². The van der Waals surface area contributed by atoms with Crippen LogP contribution in [0.2, 0.25) is 0 Å². The van der Waals surface area contributed by atoms with Crippen molar-refractivity contribution in [1.82, 2.24) is 20.4 Å². The van der Waals surface area contributed by atoms with Crippen molar-refractivity contribution in [2.24, 2.45) is 4.99 Å². The lowest BCUT2D eigenvalue weighted by atomic mass is 10.0. The van der Waals surface area contributed by atoms with E-state index in [4.69, 9.17) is 0 Å². The standard InChI is InChI=1S/C25H37N5O.HI/c1-7-19-11-13-21(14-12-19)23(29(3)4)18-28-25(26-2)27-16-15-20-9-8-10-22(17-20)24(31)30(5)6;/h8-14,17,23H,7,15-16,18H2,1-6H3,(H2,26,27,28);1H. The van der Waals surface area contributed by atoms with Gasteiger partial charge in [0.1, 0.15) is 0 Å². The summed E-state index contributed by atoms with van der Waals surface area (Å²) in [5.41, 5.74) is 4.47. The molecule has 2 aromatic carbocycles. The normalized spacial score (nSPS) is 12.2. The van der Waals surface area contributed by atoms with Crippen LogP contribution in [0, 0.1) is 0 Å². The van der Waals surface area contributed by atoms with Gasteiger partial charge in [-0.3, -0.25) is 9.79 Å². The number of guanidine groups is 1. The number of halogens is 1. The monoisotopic (exact) mass is 551 g/mol. The van der Waals surface area contributed by atoms with E-state index in [-0.39, 0.29) is 35.9 Å². The Hall–Kier alpha value is -2.13. The van der Waals surface area contributed by atoms with Gasteiger partial charge in [-0.1, -0.05) is 43.3 Å². The third-order valence-electron chi connectivity index (χ3n) is 5.37. The Balaban J connectivity index is 0.00000512. The Labute approximate surface area is 210 Å². The second kappa shape index (κ2) is 14.1. The van der Waals surface area contributed by atoms with Gasteiger partial charge in [0, 0.05) is 39.8 Å². The topological polar surface area (TPSA) is 60.0 Å². The Morgan fingerprint density at radius 2 is 1.69 bits per heavy atom. The summed E-state index contributed by atoms with van der Waals surface area (Å²) in [5, 5.41) is 6.82. The van der Waals surface area contributed by atoms with Gasteiger partial charge in [0.25, 0.3) is 5.91 Å². The fourth-order valence-corrected chi connectivity index (χ4v) is 3.43. The zero-order valence-electron chi connectivity index (χ0n) is 20.2. The van der Waals surface area contributed by atoms with E-state index in [9.17, 15) is 4.79 Å². The fourth-order valence-electron chi connectivity index (χ4n) is 3.43. The Morgan fingerprint density at radius 1 is 1.00 bits per heavy atom. The van der Waals surface area contributed by atoms with Crippen molar-refractivity contribution in [2.75, 3.05) is 48.3 Å². The maximum absolute atomic E-state index is 12.2. The average molecular weight is 552 g/mol. The Morgan fingerprint density at radius 3 is 2.25 bits per heavy atom. The lowest BCUT2D eigenvalue weighted by Crippen LogP contribution is -2.42. The highest BCUT2D eigenvalue weighted by Gasteiger charge is 2.15. The minimum atomic E-state index is 0. The van der Waals surface area contributed by atoms with Gasteiger partial charge in [-0.15, -0.1) is 24.0 Å². The third-order valence-corrected chi connectivity index (χ3v) is 5.37. The van der Waals surface area contributed by atoms with Crippen molar-refractivity contribution in [2.45, 2.75) is 25.8 Å². The summed E-state index contributed by atoms with van der Waals surface area (Å²) in [6, 6.07) is 16.9. The second-order valence-corrected chi connectivity index (χ2v) is 8.10. The molecule has 0 aliphatic carbocycles. The molecule has 1 amide bonds. The molecule has 2 aromatic rings. The van der Waals surface area contributed by atoms with E-state index in [2.05, 4.69) is 65.8 Å². The Kier molecular flexibility index (Phi) is 12.3. The molecule has 0 saturated heterocycles. The Bertz CT molecular complexity index is 865. The van der Waals surface area contributed by atoms with Crippen molar-refractivity contribution in [3.63, 3.8) is 0 Å². The van der Waals surface area contributed by atoms with Crippen LogP contribution in [-0.4, -0.2) is 70.0 Å². The largest absolute Gasteiger partial charge is 0.356 e. The van der Waals surface area contributed by atoms with Crippen LogP contribution < -0.4 is 10.6 Å². The second-order valence-electron chi connectivity index (χ2n) is 8.10. The van der Waals surface area contributed by atoms with E-state index >= 15 is 0 Å². The molecule has 1 atom stereocenters. The highest BCUT2D eigenvalue weighted by Crippen LogP contribution is 2.18. The molecule has 0 bridgehead atoms. The van der Waals surface area contributed by atoms with E-state index < -0.39 is 0 Å². The molecule has 176 valence electrons. The number of carbonyl (C=O) groups excluding carboxylic acids is 1. The predicted octanol–water partition coefficient (Wildman–Crippen LogP) is 3.58. The van der Waals surface area contributed by atoms with Crippen LogP contribution in [0.3, 0.4) is 0 Å². The van der Waals surface area contributed by atoms with Crippen LogP contribution in [-0.2, 0) is 12.8 Å². The van der Waals surface area contributed by atoms with Crippen molar-refractivity contribution in [1.29, 1.82) is 0 Å². The van der Waals surface area contributed by atoms with E-state index in [1.54, 1.807) is 26.0 Å². The zero-order valence-corrected chi connectivity index (χ0v) is 22.5. The first kappa shape index (κ1) is 27.9. The summed E-state index contributed by atoms with van der Waals surface area (Å²) in [6.45, 7) is 3.66. The molecule has 0 spiro atoms. The first-order valence-electron chi connectivity index (χ1n) is 10.9. The molecular weight excluding hydrogens is 513 g/mol. The van der Waals surface area contributed by atoms with Crippen LogP contribution in [0.4, 0.5) is 0 Å². The number of amides is 1. The summed E-state index contributed by atoms with van der Waals surface area (Å²) >= 11 is 0. The smallest absolute Gasteiger partial charge is 0.253 e. The van der Waals surface area contributed by atoms with Crippen LogP contribution in [0.1, 0.15) is 40.0 Å². The molecule has 0 aliphatic rings. The van der Waals surface area contributed by atoms with E-state index in [0.717, 1.165) is 37.5 Å². The van der Waals surface area contributed by atoms with Crippen molar-refractivity contribution in [3.05, 3.63) is 70.8 Å². The lowest BCUT2D eigenvalue weighted by molar-refractivity contribution is 0.0827. The number of likely N-dealkylation sites (N-methyl/N-ethyl adjacent to an activating group) is 1. The van der Waals surface area contributed by atoms with Crippen LogP contribution in [0.15, 0.2) is 53.5 Å². The van der Waals surface area contributed by atoms with E-state index in [1.165, 1.54) is 11.1 Å². The lowest BCUT2D eigenvalue weighted by Gasteiger charge is -2.26. The molecule has 7 heteroatoms. The van der Waals surface area contributed by atoms with Gasteiger partial charge in [0.15, 0.2) is 5.96 Å². The number of aliphatic imine (C=N–C) groups is 1. The molecule has 32 heavy (non-hydrogen) atoms. The van der Waals surface area contributed by atoms with Crippen LogP contribution in [0.5, 0.6) is 0 Å². The molecule has 0 aliphatic heterocycles. The van der Waals surface area contributed by atoms with Crippen molar-refractivity contribution < 1.29 is 4.79 Å². The average Bonchev–Trinajstić information content (AvgIpc) is 2.77. The molecule has 0 heterocycles. The molecule has 2 rings (SSSR count). The summed E-state index contributed by atoms with van der Waals surface area (Å²) < 4.78 is 0. The van der Waals surface area contributed by atoms with Crippen LogP contribution in [0.25, 0.3) is 0 Å². The van der Waals surface area contributed by atoms with Crippen molar-refractivity contribution in [3.8, 4) is 0 Å². The number of nitrogens with one attached hydrogen (secondary N) is 2. The molecule has 0 radical (unpaired) electrons. The quantitative estimate of drug-likeness (QED) is 0.284. The summed E-state index contributed by atoms with van der Waals surface area (Å²) in [5.74, 6) is 0.798. The molecule has 0 saturated carbocycles. The van der Waals surface area contributed by atoms with Gasteiger partial charge in [0.05, 0.1) is 6.04 Å². The first-order chi connectivity index (χ1) is 14.8. The molecule has 6 nitrogen and oxygen atoms in total. The first-order valence-corrected chi connectivity index (χ1v) is 10.9. The maximum Gasteiger partial charge on any atom is 0.253 e. The maximum atomic E-state index is 12.2. The molecule has 0 aromatic heterocycles. The minimum Gasteiger partial charge on any atom is -0.356 e. The highest BCUT2D eigenvalue weighted by molar-refractivity contribution is 14.0. The van der Waals surface area contributed by atoms with Gasteiger partial charge in [-0.05, 0) is 55.8 Å². The van der Waals surface area contributed by atoms with Gasteiger partial charge < -0.3 is 20.4 Å². The molecule has 0 fully saturated rings. The van der Waals surface area contributed by atoms with E-state index in [0.29, 0.717) is 5.56 Å².